The molecular formula is C12H16ClN3. The fourth-order valence-electron chi connectivity index (χ4n) is 1.19. The molecule has 0 unspecified atom stereocenters. The number of nitrogens with zero attached hydrogens (tertiary/aromatic N) is 1. The van der Waals surface area contributed by atoms with E-state index >= 15 is 0 Å². The molecule has 3 N–H and O–H groups in total. The Morgan fingerprint density at radius 1 is 1.44 bits per heavy atom. The lowest BCUT2D eigenvalue weighted by Gasteiger charge is -2.02. The highest BCUT2D eigenvalue weighted by Crippen LogP contribution is 2.09. The van der Waals surface area contributed by atoms with Crippen molar-refractivity contribution in [1.82, 2.24) is 5.32 Å². The third kappa shape index (κ3) is 4.84. The van der Waals surface area contributed by atoms with Gasteiger partial charge in [-0.05, 0) is 24.1 Å². The summed E-state index contributed by atoms with van der Waals surface area (Å²) in [6.45, 7) is 4.88. The van der Waals surface area contributed by atoms with Crippen LogP contribution in [0.15, 0.2) is 41.9 Å². The van der Waals surface area contributed by atoms with Gasteiger partial charge in [-0.3, -0.25) is 4.99 Å². The zero-order valence-corrected chi connectivity index (χ0v) is 9.87. The van der Waals surface area contributed by atoms with E-state index in [9.17, 15) is 0 Å². The average Bonchev–Trinajstić information content (AvgIpc) is 2.29. The maximum atomic E-state index is 5.79. The van der Waals surface area contributed by atoms with Crippen molar-refractivity contribution in [2.75, 3.05) is 13.1 Å². The average molecular weight is 238 g/mol. The Hall–Kier alpha value is -1.48. The van der Waals surface area contributed by atoms with Crippen LogP contribution in [-0.4, -0.2) is 19.0 Å². The van der Waals surface area contributed by atoms with E-state index in [4.69, 9.17) is 17.3 Å². The van der Waals surface area contributed by atoms with Crippen molar-refractivity contribution in [1.29, 1.82) is 0 Å². The van der Waals surface area contributed by atoms with Gasteiger partial charge in [-0.25, -0.2) is 0 Å². The number of nitrogens with one attached hydrogen (secondary N) is 1. The van der Waals surface area contributed by atoms with E-state index in [0.29, 0.717) is 19.0 Å². The predicted octanol–water partition coefficient (Wildman–Crippen LogP) is 1.97. The molecule has 0 bridgehead atoms. The standard InChI is InChI=1S/C12H16ClN3/c1-2-8-15-12(14)16-9-7-10-3-5-11(13)6-4-10/h2-6H,1,7-9H2,(H3,14,15,16). The zero-order valence-electron chi connectivity index (χ0n) is 9.12. The monoisotopic (exact) mass is 237 g/mol. The molecule has 0 saturated heterocycles. The van der Waals surface area contributed by atoms with Gasteiger partial charge in [0, 0.05) is 18.1 Å². The van der Waals surface area contributed by atoms with Gasteiger partial charge in [-0.15, -0.1) is 6.58 Å². The van der Waals surface area contributed by atoms with Gasteiger partial charge < -0.3 is 11.1 Å². The third-order valence-electron chi connectivity index (χ3n) is 2.02. The molecule has 1 rings (SSSR count). The first-order chi connectivity index (χ1) is 7.72. The van der Waals surface area contributed by atoms with Crippen LogP contribution >= 0.6 is 11.6 Å². The molecule has 0 fully saturated rings. The van der Waals surface area contributed by atoms with Gasteiger partial charge in [0.05, 0.1) is 0 Å². The summed E-state index contributed by atoms with van der Waals surface area (Å²) in [6, 6.07) is 7.73. The highest BCUT2D eigenvalue weighted by Gasteiger charge is 1.93. The maximum absolute atomic E-state index is 5.79. The van der Waals surface area contributed by atoms with Crippen LogP contribution in [0.25, 0.3) is 0 Å². The topological polar surface area (TPSA) is 50.4 Å². The highest BCUT2D eigenvalue weighted by molar-refractivity contribution is 6.30. The minimum absolute atomic E-state index is 0.453. The van der Waals surface area contributed by atoms with Crippen LogP contribution in [-0.2, 0) is 6.42 Å². The summed E-state index contributed by atoms with van der Waals surface area (Å²) in [5, 5.41) is 3.67. The van der Waals surface area contributed by atoms with E-state index in [1.807, 2.05) is 24.3 Å². The number of nitrogens with two attached hydrogens (primary N) is 1. The second-order valence-corrected chi connectivity index (χ2v) is 3.75. The molecule has 0 aliphatic rings. The number of aliphatic imine (C=N–C) groups is 1. The summed E-state index contributed by atoms with van der Waals surface area (Å²) in [5.41, 5.74) is 6.82. The molecule has 0 aromatic heterocycles. The van der Waals surface area contributed by atoms with Gasteiger partial charge in [0.15, 0.2) is 5.96 Å². The van der Waals surface area contributed by atoms with Gasteiger partial charge >= 0.3 is 0 Å². The SMILES string of the molecule is C=CCNC(N)=NCCc1ccc(Cl)cc1. The maximum Gasteiger partial charge on any atom is 0.188 e. The van der Waals surface area contributed by atoms with Gasteiger partial charge in [-0.2, -0.15) is 0 Å². The second kappa shape index (κ2) is 6.90. The normalized spacial score (nSPS) is 11.2. The molecule has 86 valence electrons. The molecule has 0 amide bonds. The van der Waals surface area contributed by atoms with E-state index in [1.54, 1.807) is 6.08 Å². The minimum Gasteiger partial charge on any atom is -0.370 e. The predicted molar refractivity (Wildman–Crippen MR) is 69.8 cm³/mol. The molecule has 0 aliphatic heterocycles. The molecule has 0 saturated carbocycles. The molecule has 1 aromatic carbocycles. The number of rotatable bonds is 5. The van der Waals surface area contributed by atoms with E-state index in [1.165, 1.54) is 5.56 Å². The fraction of sp³-hybridized carbons (Fsp3) is 0.250. The van der Waals surface area contributed by atoms with E-state index in [-0.39, 0.29) is 0 Å². The lowest BCUT2D eigenvalue weighted by Crippen LogP contribution is -2.31. The number of benzene rings is 1. The first-order valence-electron chi connectivity index (χ1n) is 5.11. The Kier molecular flexibility index (Phi) is 5.43. The van der Waals surface area contributed by atoms with E-state index < -0.39 is 0 Å². The summed E-state index contributed by atoms with van der Waals surface area (Å²) in [4.78, 5) is 4.18. The Balaban J connectivity index is 2.34. The number of hydrogen-bond donors (Lipinski definition) is 2. The summed E-state index contributed by atoms with van der Waals surface area (Å²) in [7, 11) is 0. The first-order valence-corrected chi connectivity index (χ1v) is 5.49. The Morgan fingerprint density at radius 2 is 2.12 bits per heavy atom. The van der Waals surface area contributed by atoms with Crippen molar-refractivity contribution < 1.29 is 0 Å². The lowest BCUT2D eigenvalue weighted by molar-refractivity contribution is 0.930. The second-order valence-electron chi connectivity index (χ2n) is 3.31. The molecular weight excluding hydrogens is 222 g/mol. The summed E-state index contributed by atoms with van der Waals surface area (Å²) in [6.07, 6.45) is 2.59. The van der Waals surface area contributed by atoms with Crippen molar-refractivity contribution in [2.45, 2.75) is 6.42 Å². The quantitative estimate of drug-likeness (QED) is 0.467. The Labute approximate surface area is 101 Å². The number of guanidine groups is 1. The van der Waals surface area contributed by atoms with Crippen LogP contribution < -0.4 is 11.1 Å². The van der Waals surface area contributed by atoms with Crippen LogP contribution in [0.1, 0.15) is 5.56 Å². The molecule has 0 radical (unpaired) electrons. The van der Waals surface area contributed by atoms with Gasteiger partial charge in [0.1, 0.15) is 0 Å². The van der Waals surface area contributed by atoms with E-state index in [0.717, 1.165) is 11.4 Å². The molecule has 0 heterocycles. The Morgan fingerprint density at radius 3 is 2.75 bits per heavy atom. The molecule has 1 aromatic rings. The third-order valence-corrected chi connectivity index (χ3v) is 2.28. The van der Waals surface area contributed by atoms with Gasteiger partial charge in [-0.1, -0.05) is 29.8 Å². The van der Waals surface area contributed by atoms with Crippen LogP contribution in [0, 0.1) is 0 Å². The van der Waals surface area contributed by atoms with Gasteiger partial charge in [0.25, 0.3) is 0 Å². The molecule has 16 heavy (non-hydrogen) atoms. The van der Waals surface area contributed by atoms with Crippen molar-refractivity contribution in [3.05, 3.63) is 47.5 Å². The number of hydrogen-bond acceptors (Lipinski definition) is 1. The van der Waals surface area contributed by atoms with Crippen LogP contribution in [0.2, 0.25) is 5.02 Å². The fourth-order valence-corrected chi connectivity index (χ4v) is 1.32. The highest BCUT2D eigenvalue weighted by atomic mass is 35.5. The first kappa shape index (κ1) is 12.6. The molecule has 3 nitrogen and oxygen atoms in total. The van der Waals surface area contributed by atoms with Crippen molar-refractivity contribution in [3.63, 3.8) is 0 Å². The lowest BCUT2D eigenvalue weighted by atomic mass is 10.1. The van der Waals surface area contributed by atoms with Crippen LogP contribution in [0.5, 0.6) is 0 Å². The van der Waals surface area contributed by atoms with Gasteiger partial charge in [0.2, 0.25) is 0 Å². The minimum atomic E-state index is 0.453. The largest absolute Gasteiger partial charge is 0.370 e. The smallest absolute Gasteiger partial charge is 0.188 e. The Bertz CT molecular complexity index is 357. The van der Waals surface area contributed by atoms with Crippen molar-refractivity contribution >= 4 is 17.6 Å². The van der Waals surface area contributed by atoms with Crippen molar-refractivity contribution in [2.24, 2.45) is 10.7 Å². The summed E-state index contributed by atoms with van der Waals surface area (Å²) < 4.78 is 0. The molecule has 0 atom stereocenters. The summed E-state index contributed by atoms with van der Waals surface area (Å²) in [5.74, 6) is 0.453. The zero-order chi connectivity index (χ0) is 11.8. The van der Waals surface area contributed by atoms with E-state index in [2.05, 4.69) is 16.9 Å². The molecule has 0 aliphatic carbocycles. The molecule has 4 heteroatoms. The van der Waals surface area contributed by atoms with Crippen LogP contribution in [0.3, 0.4) is 0 Å². The molecule has 0 spiro atoms. The van der Waals surface area contributed by atoms with Crippen molar-refractivity contribution in [3.8, 4) is 0 Å². The summed E-state index contributed by atoms with van der Waals surface area (Å²) >= 11 is 5.79. The number of halogens is 1. The van der Waals surface area contributed by atoms with Crippen LogP contribution in [0.4, 0.5) is 0 Å².